The minimum Gasteiger partial charge on any atom is -0.493 e. The van der Waals surface area contributed by atoms with E-state index in [4.69, 9.17) is 15.5 Å². The number of rotatable bonds is 8. The Morgan fingerprint density at radius 2 is 2.07 bits per heavy atom. The zero-order valence-electron chi connectivity index (χ0n) is 16.4. The molecule has 28 heavy (non-hydrogen) atoms. The summed E-state index contributed by atoms with van der Waals surface area (Å²) in [5, 5.41) is 4.45. The van der Waals surface area contributed by atoms with E-state index in [0.717, 1.165) is 24.1 Å². The summed E-state index contributed by atoms with van der Waals surface area (Å²) in [6, 6.07) is 5.60. The second-order valence-corrected chi connectivity index (χ2v) is 6.66. The third-order valence-corrected chi connectivity index (χ3v) is 4.51. The van der Waals surface area contributed by atoms with Gasteiger partial charge in [0.1, 0.15) is 17.1 Å². The average molecular weight is 383 g/mol. The molecule has 0 aliphatic rings. The number of ether oxygens (including phenoxy) is 1. The number of H-pyrrole nitrogens is 1. The van der Waals surface area contributed by atoms with Crippen molar-refractivity contribution < 1.29 is 9.53 Å². The molecule has 8 nitrogen and oxygen atoms in total. The number of aromatic amines is 1. The number of hydrogen-bond donors (Lipinski definition) is 2. The van der Waals surface area contributed by atoms with Gasteiger partial charge in [-0.1, -0.05) is 19.4 Å². The highest BCUT2D eigenvalue weighted by Crippen LogP contribution is 2.30. The minimum absolute atomic E-state index is 0.248. The highest BCUT2D eigenvalue weighted by atomic mass is 16.5. The van der Waals surface area contributed by atoms with E-state index >= 15 is 0 Å². The molecule has 0 saturated carbocycles. The Balaban J connectivity index is 2.16. The van der Waals surface area contributed by atoms with Crippen LogP contribution < -0.4 is 16.0 Å². The second kappa shape index (κ2) is 8.24. The summed E-state index contributed by atoms with van der Waals surface area (Å²) in [5.74, 6) is 0.684. The van der Waals surface area contributed by atoms with Crippen molar-refractivity contribution in [2.24, 2.45) is 12.8 Å². The van der Waals surface area contributed by atoms with E-state index in [-0.39, 0.29) is 17.9 Å². The number of aromatic nitrogens is 4. The summed E-state index contributed by atoms with van der Waals surface area (Å²) in [6.07, 6.45) is 2.40. The van der Waals surface area contributed by atoms with Gasteiger partial charge in [0.05, 0.1) is 17.9 Å². The topological polar surface area (TPSA) is 116 Å². The number of carbonyl (C=O) groups is 1. The first-order valence-corrected chi connectivity index (χ1v) is 9.44. The number of nitrogens with two attached hydrogens (primary N) is 1. The highest BCUT2D eigenvalue weighted by Gasteiger charge is 2.17. The van der Waals surface area contributed by atoms with Crippen molar-refractivity contribution in [1.29, 1.82) is 0 Å². The predicted molar refractivity (Wildman–Crippen MR) is 107 cm³/mol. The molecule has 0 saturated heterocycles. The Labute approximate surface area is 162 Å². The summed E-state index contributed by atoms with van der Waals surface area (Å²) < 4.78 is 7.30. The van der Waals surface area contributed by atoms with Crippen molar-refractivity contribution in [1.82, 2.24) is 19.7 Å². The monoisotopic (exact) mass is 383 g/mol. The molecule has 0 radical (unpaired) electrons. The first-order chi connectivity index (χ1) is 13.4. The van der Waals surface area contributed by atoms with Crippen LogP contribution in [-0.4, -0.2) is 32.3 Å². The van der Waals surface area contributed by atoms with Gasteiger partial charge in [0.2, 0.25) is 5.91 Å². The molecule has 8 heteroatoms. The van der Waals surface area contributed by atoms with Crippen LogP contribution in [0.4, 0.5) is 0 Å². The standard InChI is InChI=1S/C20H25N5O3/c1-4-6-14-17-18(25(3)24-14)20(27)23-19(22-17)13-11-12(8-10-16(21)26)7-9-15(13)28-5-2/h7,9,11H,4-6,8,10H2,1-3H3,(H2,21,26)(H,22,23,27). The van der Waals surface area contributed by atoms with Crippen molar-refractivity contribution in [3.8, 4) is 17.1 Å². The summed E-state index contributed by atoms with van der Waals surface area (Å²) in [5.41, 5.74) is 8.47. The van der Waals surface area contributed by atoms with Crippen LogP contribution in [0, 0.1) is 0 Å². The van der Waals surface area contributed by atoms with Crippen LogP contribution in [0.5, 0.6) is 5.75 Å². The fourth-order valence-electron chi connectivity index (χ4n) is 3.25. The molecule has 1 amide bonds. The number of amides is 1. The third kappa shape index (κ3) is 3.90. The Morgan fingerprint density at radius 3 is 2.75 bits per heavy atom. The zero-order chi connectivity index (χ0) is 20.3. The molecule has 3 N–H and O–H groups in total. The quantitative estimate of drug-likeness (QED) is 0.618. The molecule has 0 aliphatic heterocycles. The first kappa shape index (κ1) is 19.6. The molecule has 0 fully saturated rings. The van der Waals surface area contributed by atoms with Gasteiger partial charge in [-0.15, -0.1) is 0 Å². The lowest BCUT2D eigenvalue weighted by molar-refractivity contribution is -0.117. The van der Waals surface area contributed by atoms with E-state index in [2.05, 4.69) is 17.0 Å². The molecule has 2 aromatic heterocycles. The lowest BCUT2D eigenvalue weighted by Crippen LogP contribution is -2.13. The molecule has 0 atom stereocenters. The summed E-state index contributed by atoms with van der Waals surface area (Å²) >= 11 is 0. The molecule has 3 rings (SSSR count). The molecule has 148 valence electrons. The van der Waals surface area contributed by atoms with E-state index in [1.807, 2.05) is 25.1 Å². The maximum atomic E-state index is 12.7. The maximum absolute atomic E-state index is 12.7. The van der Waals surface area contributed by atoms with Crippen molar-refractivity contribution in [3.05, 3.63) is 39.8 Å². The maximum Gasteiger partial charge on any atom is 0.277 e. The van der Waals surface area contributed by atoms with Crippen LogP contribution in [0.2, 0.25) is 0 Å². The first-order valence-electron chi connectivity index (χ1n) is 9.44. The van der Waals surface area contributed by atoms with Crippen LogP contribution in [0.15, 0.2) is 23.0 Å². The molecular formula is C20H25N5O3. The average Bonchev–Trinajstić information content (AvgIpc) is 2.97. The molecule has 0 bridgehead atoms. The van der Waals surface area contributed by atoms with Gasteiger partial charge in [0, 0.05) is 13.5 Å². The van der Waals surface area contributed by atoms with E-state index in [1.54, 1.807) is 11.7 Å². The molecule has 3 aromatic rings. The normalized spacial score (nSPS) is 11.1. The number of nitrogens with one attached hydrogen (secondary N) is 1. The number of aryl methyl sites for hydroxylation is 3. The van der Waals surface area contributed by atoms with Gasteiger partial charge in [-0.25, -0.2) is 4.98 Å². The van der Waals surface area contributed by atoms with Gasteiger partial charge in [-0.3, -0.25) is 14.3 Å². The summed E-state index contributed by atoms with van der Waals surface area (Å²) in [7, 11) is 1.74. The van der Waals surface area contributed by atoms with Crippen molar-refractivity contribution in [2.45, 2.75) is 39.5 Å². The summed E-state index contributed by atoms with van der Waals surface area (Å²) in [6.45, 7) is 4.43. The fourth-order valence-corrected chi connectivity index (χ4v) is 3.25. The molecule has 0 spiro atoms. The van der Waals surface area contributed by atoms with Gasteiger partial charge in [-0.2, -0.15) is 5.10 Å². The van der Waals surface area contributed by atoms with Gasteiger partial charge in [0.15, 0.2) is 5.52 Å². The minimum atomic E-state index is -0.358. The van der Waals surface area contributed by atoms with Gasteiger partial charge in [0.25, 0.3) is 5.56 Å². The molecule has 1 aromatic carbocycles. The number of fused-ring (bicyclic) bond motifs is 1. The van der Waals surface area contributed by atoms with Crippen molar-refractivity contribution in [2.75, 3.05) is 6.61 Å². The molecule has 2 heterocycles. The Kier molecular flexibility index (Phi) is 5.77. The highest BCUT2D eigenvalue weighted by molar-refractivity contribution is 5.80. The Bertz CT molecular complexity index is 1070. The van der Waals surface area contributed by atoms with Crippen LogP contribution in [0.1, 0.15) is 37.9 Å². The number of nitrogens with zero attached hydrogens (tertiary/aromatic N) is 3. The number of primary amides is 1. The van der Waals surface area contributed by atoms with E-state index in [0.29, 0.717) is 41.2 Å². The molecular weight excluding hydrogens is 358 g/mol. The van der Waals surface area contributed by atoms with Gasteiger partial charge in [-0.05, 0) is 37.5 Å². The number of hydrogen-bond acceptors (Lipinski definition) is 5. The fraction of sp³-hybridized carbons (Fsp3) is 0.400. The van der Waals surface area contributed by atoms with Crippen LogP contribution in [-0.2, 0) is 24.7 Å². The lowest BCUT2D eigenvalue weighted by Gasteiger charge is -2.12. The number of carbonyl (C=O) groups excluding carboxylic acids is 1. The van der Waals surface area contributed by atoms with Gasteiger partial charge >= 0.3 is 0 Å². The smallest absolute Gasteiger partial charge is 0.277 e. The predicted octanol–water partition coefficient (Wildman–Crippen LogP) is 2.09. The van der Waals surface area contributed by atoms with E-state index in [1.165, 1.54) is 0 Å². The van der Waals surface area contributed by atoms with Crippen LogP contribution in [0.25, 0.3) is 22.4 Å². The Morgan fingerprint density at radius 1 is 1.29 bits per heavy atom. The lowest BCUT2D eigenvalue weighted by atomic mass is 10.0. The Hall–Kier alpha value is -3.16. The van der Waals surface area contributed by atoms with E-state index < -0.39 is 0 Å². The third-order valence-electron chi connectivity index (χ3n) is 4.51. The summed E-state index contributed by atoms with van der Waals surface area (Å²) in [4.78, 5) is 31.4. The second-order valence-electron chi connectivity index (χ2n) is 6.66. The molecule has 0 unspecified atom stereocenters. The molecule has 0 aliphatic carbocycles. The number of benzene rings is 1. The van der Waals surface area contributed by atoms with Gasteiger partial charge < -0.3 is 15.5 Å². The van der Waals surface area contributed by atoms with E-state index in [9.17, 15) is 9.59 Å². The SMILES string of the molecule is CCCc1nn(C)c2c(=O)[nH]c(-c3cc(CCC(N)=O)ccc3OCC)nc12. The zero-order valence-corrected chi connectivity index (χ0v) is 16.4. The largest absolute Gasteiger partial charge is 0.493 e. The van der Waals surface area contributed by atoms with Crippen molar-refractivity contribution in [3.63, 3.8) is 0 Å². The van der Waals surface area contributed by atoms with Crippen molar-refractivity contribution >= 4 is 16.9 Å². The van der Waals surface area contributed by atoms with Crippen LogP contribution in [0.3, 0.4) is 0 Å². The van der Waals surface area contributed by atoms with Crippen LogP contribution >= 0.6 is 0 Å².